The predicted molar refractivity (Wildman–Crippen MR) is 109 cm³/mol. The Kier molecular flexibility index (Phi) is 5.30. The third-order valence-electron chi connectivity index (χ3n) is 5.05. The van der Waals surface area contributed by atoms with Gasteiger partial charge in [-0.3, -0.25) is 4.79 Å². The summed E-state index contributed by atoms with van der Waals surface area (Å²) >= 11 is 5.93. The fourth-order valence-corrected chi connectivity index (χ4v) is 3.69. The van der Waals surface area contributed by atoms with Crippen LogP contribution in [0.3, 0.4) is 0 Å². The highest BCUT2D eigenvalue weighted by Gasteiger charge is 2.21. The number of pyridine rings is 1. The van der Waals surface area contributed by atoms with Gasteiger partial charge in [0.2, 0.25) is 0 Å². The topological polar surface area (TPSA) is 49.6 Å². The molecule has 1 fully saturated rings. The first-order chi connectivity index (χ1) is 13.2. The molecule has 0 unspecified atom stereocenters. The van der Waals surface area contributed by atoms with E-state index in [0.717, 1.165) is 55.3 Å². The Bertz CT molecular complexity index is 929. The number of anilines is 1. The van der Waals surface area contributed by atoms with Crippen molar-refractivity contribution in [2.45, 2.75) is 25.7 Å². The molecule has 0 spiro atoms. The van der Waals surface area contributed by atoms with E-state index >= 15 is 0 Å². The van der Waals surface area contributed by atoms with Gasteiger partial charge in [-0.25, -0.2) is 4.52 Å². The standard InChI is InChI=1S/C21H23ClN4O/c22-17-9-7-16(8-10-17)11-12-23-20-6-4-5-19-18(15-24-26(19)20)21(27)25-13-2-1-3-14-25/h4-10,15,23H,1-3,11-14H2. The van der Waals surface area contributed by atoms with Gasteiger partial charge in [0.15, 0.2) is 0 Å². The van der Waals surface area contributed by atoms with Crippen LogP contribution < -0.4 is 5.32 Å². The predicted octanol–water partition coefficient (Wildman–Crippen LogP) is 4.27. The van der Waals surface area contributed by atoms with Crippen molar-refractivity contribution in [3.05, 3.63) is 64.8 Å². The fourth-order valence-electron chi connectivity index (χ4n) is 3.56. The fraction of sp³-hybridized carbons (Fsp3) is 0.333. The molecule has 2 aromatic heterocycles. The second-order valence-corrected chi connectivity index (χ2v) is 7.36. The van der Waals surface area contributed by atoms with Crippen LogP contribution in [0.5, 0.6) is 0 Å². The summed E-state index contributed by atoms with van der Waals surface area (Å²) < 4.78 is 1.82. The van der Waals surface area contributed by atoms with Crippen LogP contribution in [0, 0.1) is 0 Å². The number of nitrogens with zero attached hydrogens (tertiary/aromatic N) is 3. The van der Waals surface area contributed by atoms with Gasteiger partial charge in [0.25, 0.3) is 5.91 Å². The van der Waals surface area contributed by atoms with Crippen molar-refractivity contribution in [2.75, 3.05) is 25.0 Å². The first-order valence-electron chi connectivity index (χ1n) is 9.47. The zero-order valence-corrected chi connectivity index (χ0v) is 16.0. The molecule has 5 nitrogen and oxygen atoms in total. The molecule has 1 saturated heterocycles. The van der Waals surface area contributed by atoms with E-state index in [0.29, 0.717) is 5.56 Å². The molecule has 27 heavy (non-hydrogen) atoms. The van der Waals surface area contributed by atoms with Crippen LogP contribution >= 0.6 is 11.6 Å². The molecule has 0 saturated carbocycles. The van der Waals surface area contributed by atoms with Crippen molar-refractivity contribution in [1.29, 1.82) is 0 Å². The van der Waals surface area contributed by atoms with E-state index in [-0.39, 0.29) is 5.91 Å². The first-order valence-corrected chi connectivity index (χ1v) is 9.84. The lowest BCUT2D eigenvalue weighted by Gasteiger charge is -2.26. The maximum absolute atomic E-state index is 12.9. The van der Waals surface area contributed by atoms with Crippen molar-refractivity contribution in [2.24, 2.45) is 0 Å². The molecule has 140 valence electrons. The molecule has 3 heterocycles. The van der Waals surface area contributed by atoms with Gasteiger partial charge < -0.3 is 10.2 Å². The Hall–Kier alpha value is -2.53. The maximum Gasteiger partial charge on any atom is 0.257 e. The molecule has 6 heteroatoms. The molecule has 1 amide bonds. The number of halogens is 1. The van der Waals surface area contributed by atoms with E-state index in [1.807, 2.05) is 51.9 Å². The molecule has 1 aliphatic heterocycles. The van der Waals surface area contributed by atoms with Gasteiger partial charge in [-0.2, -0.15) is 5.10 Å². The van der Waals surface area contributed by atoms with E-state index in [2.05, 4.69) is 10.4 Å². The van der Waals surface area contributed by atoms with Crippen LogP contribution in [-0.4, -0.2) is 40.1 Å². The lowest BCUT2D eigenvalue weighted by atomic mass is 10.1. The van der Waals surface area contributed by atoms with Crippen LogP contribution in [-0.2, 0) is 6.42 Å². The minimum atomic E-state index is 0.0861. The van der Waals surface area contributed by atoms with Crippen LogP contribution in [0.25, 0.3) is 5.52 Å². The third-order valence-corrected chi connectivity index (χ3v) is 5.30. The number of rotatable bonds is 5. The van der Waals surface area contributed by atoms with Crippen LogP contribution in [0.15, 0.2) is 48.7 Å². The minimum absolute atomic E-state index is 0.0861. The van der Waals surface area contributed by atoms with Gasteiger partial charge in [-0.1, -0.05) is 29.8 Å². The van der Waals surface area contributed by atoms with Gasteiger partial charge in [-0.15, -0.1) is 0 Å². The Labute approximate surface area is 163 Å². The summed E-state index contributed by atoms with van der Waals surface area (Å²) in [6.07, 6.45) is 5.95. The molecule has 1 aliphatic rings. The zero-order chi connectivity index (χ0) is 18.6. The number of carbonyl (C=O) groups excluding carboxylic acids is 1. The molecular weight excluding hydrogens is 360 g/mol. The molecule has 1 N–H and O–H groups in total. The second-order valence-electron chi connectivity index (χ2n) is 6.92. The van der Waals surface area contributed by atoms with Gasteiger partial charge in [0, 0.05) is 24.7 Å². The van der Waals surface area contributed by atoms with Crippen LogP contribution in [0.1, 0.15) is 35.2 Å². The largest absolute Gasteiger partial charge is 0.370 e. The summed E-state index contributed by atoms with van der Waals surface area (Å²) in [6, 6.07) is 13.8. The molecule has 4 rings (SSSR count). The maximum atomic E-state index is 12.9. The molecule has 1 aromatic carbocycles. The number of nitrogens with one attached hydrogen (secondary N) is 1. The van der Waals surface area contributed by atoms with Crippen LogP contribution in [0.2, 0.25) is 5.02 Å². The molecule has 0 bridgehead atoms. The number of piperidine rings is 1. The number of hydrogen-bond donors (Lipinski definition) is 1. The van der Waals surface area contributed by atoms with Crippen molar-refractivity contribution in [3.63, 3.8) is 0 Å². The van der Waals surface area contributed by atoms with E-state index in [1.54, 1.807) is 6.20 Å². The second kappa shape index (κ2) is 8.01. The smallest absolute Gasteiger partial charge is 0.257 e. The monoisotopic (exact) mass is 382 g/mol. The Morgan fingerprint density at radius 1 is 1.07 bits per heavy atom. The van der Waals surface area contributed by atoms with Crippen molar-refractivity contribution < 1.29 is 4.79 Å². The normalized spacial score (nSPS) is 14.5. The summed E-state index contributed by atoms with van der Waals surface area (Å²) in [7, 11) is 0. The average molecular weight is 383 g/mol. The minimum Gasteiger partial charge on any atom is -0.370 e. The Morgan fingerprint density at radius 2 is 1.85 bits per heavy atom. The molecular formula is C21H23ClN4O. The van der Waals surface area contributed by atoms with E-state index in [9.17, 15) is 4.79 Å². The number of amides is 1. The highest BCUT2D eigenvalue weighted by molar-refractivity contribution is 6.30. The summed E-state index contributed by atoms with van der Waals surface area (Å²) in [5, 5.41) is 8.64. The number of fused-ring (bicyclic) bond motifs is 1. The molecule has 3 aromatic rings. The zero-order valence-electron chi connectivity index (χ0n) is 15.2. The number of carbonyl (C=O) groups is 1. The lowest BCUT2D eigenvalue weighted by molar-refractivity contribution is 0.0726. The van der Waals surface area contributed by atoms with Crippen molar-refractivity contribution >= 4 is 28.8 Å². The quantitative estimate of drug-likeness (QED) is 0.717. The van der Waals surface area contributed by atoms with Gasteiger partial charge in [-0.05, 0) is 55.5 Å². The number of benzene rings is 1. The number of likely N-dealkylation sites (tertiary alicyclic amines) is 1. The van der Waals surface area contributed by atoms with Gasteiger partial charge in [0.1, 0.15) is 5.82 Å². The van der Waals surface area contributed by atoms with Gasteiger partial charge in [0.05, 0.1) is 17.3 Å². The molecule has 0 atom stereocenters. The van der Waals surface area contributed by atoms with E-state index in [4.69, 9.17) is 11.6 Å². The Morgan fingerprint density at radius 3 is 2.63 bits per heavy atom. The summed E-state index contributed by atoms with van der Waals surface area (Å²) in [5.41, 5.74) is 2.75. The SMILES string of the molecule is O=C(c1cnn2c(NCCc3ccc(Cl)cc3)cccc12)N1CCCCC1. The number of aromatic nitrogens is 2. The summed E-state index contributed by atoms with van der Waals surface area (Å²) in [5.74, 6) is 0.974. The molecule has 0 radical (unpaired) electrons. The highest BCUT2D eigenvalue weighted by Crippen LogP contribution is 2.20. The Balaban J connectivity index is 1.48. The summed E-state index contributed by atoms with van der Waals surface area (Å²) in [6.45, 7) is 2.46. The highest BCUT2D eigenvalue weighted by atomic mass is 35.5. The van der Waals surface area contributed by atoms with Crippen molar-refractivity contribution in [1.82, 2.24) is 14.5 Å². The average Bonchev–Trinajstić information content (AvgIpc) is 3.14. The number of hydrogen-bond acceptors (Lipinski definition) is 3. The van der Waals surface area contributed by atoms with E-state index < -0.39 is 0 Å². The lowest BCUT2D eigenvalue weighted by Crippen LogP contribution is -2.35. The third kappa shape index (κ3) is 3.93. The van der Waals surface area contributed by atoms with Gasteiger partial charge >= 0.3 is 0 Å². The van der Waals surface area contributed by atoms with Crippen LogP contribution in [0.4, 0.5) is 5.82 Å². The first kappa shape index (κ1) is 17.9. The van der Waals surface area contributed by atoms with E-state index in [1.165, 1.54) is 12.0 Å². The van der Waals surface area contributed by atoms with Crippen molar-refractivity contribution in [3.8, 4) is 0 Å². The summed E-state index contributed by atoms with van der Waals surface area (Å²) in [4.78, 5) is 14.8. The molecule has 0 aliphatic carbocycles.